The molecule has 0 fully saturated rings. The molecule has 2 rings (SSSR count). The Bertz CT molecular complexity index is 844. The van der Waals surface area contributed by atoms with E-state index >= 15 is 0 Å². The molecule has 26 heavy (non-hydrogen) atoms. The van der Waals surface area contributed by atoms with Gasteiger partial charge in [-0.2, -0.15) is 5.26 Å². The summed E-state index contributed by atoms with van der Waals surface area (Å²) < 4.78 is 19.0. The van der Waals surface area contributed by atoms with Gasteiger partial charge in [0.1, 0.15) is 5.82 Å². The summed E-state index contributed by atoms with van der Waals surface area (Å²) in [4.78, 5) is 12.8. The molecular formula is C20H22ClFN2O2. The lowest BCUT2D eigenvalue weighted by molar-refractivity contribution is -0.142. The first kappa shape index (κ1) is 20.0. The molecule has 0 saturated carbocycles. The minimum atomic E-state index is -0.707. The van der Waals surface area contributed by atoms with Crippen molar-refractivity contribution in [2.24, 2.45) is 5.41 Å². The summed E-state index contributed by atoms with van der Waals surface area (Å²) in [5, 5.41) is 12.9. The number of hydrogen-bond donors (Lipinski definition) is 1. The number of allylic oxidation sites excluding steroid dienone is 3. The van der Waals surface area contributed by atoms with Crippen LogP contribution in [0.4, 0.5) is 4.39 Å². The van der Waals surface area contributed by atoms with Crippen LogP contribution in [0.1, 0.15) is 46.1 Å². The third-order valence-corrected chi connectivity index (χ3v) is 4.34. The summed E-state index contributed by atoms with van der Waals surface area (Å²) in [6.45, 7) is 9.61. The predicted octanol–water partition coefficient (Wildman–Crippen LogP) is 4.83. The normalized spacial score (nSPS) is 17.7. The zero-order chi connectivity index (χ0) is 19.6. The Labute approximate surface area is 158 Å². The van der Waals surface area contributed by atoms with Gasteiger partial charge in [0.15, 0.2) is 0 Å². The monoisotopic (exact) mass is 376 g/mol. The number of ether oxygens (including phenoxy) is 1. The molecule has 1 aromatic carbocycles. The fourth-order valence-electron chi connectivity index (χ4n) is 2.82. The lowest BCUT2D eigenvalue weighted by Crippen LogP contribution is -2.30. The van der Waals surface area contributed by atoms with Crippen molar-refractivity contribution in [1.82, 2.24) is 5.32 Å². The summed E-state index contributed by atoms with van der Waals surface area (Å²) in [5.74, 6) is -1.71. The lowest BCUT2D eigenvalue weighted by atomic mass is 9.81. The number of esters is 1. The van der Waals surface area contributed by atoms with Gasteiger partial charge >= 0.3 is 5.97 Å². The first-order valence-electron chi connectivity index (χ1n) is 8.26. The van der Waals surface area contributed by atoms with Crippen LogP contribution >= 0.6 is 11.6 Å². The summed E-state index contributed by atoms with van der Waals surface area (Å²) >= 11 is 6.23. The molecule has 1 heterocycles. The number of hydrogen-bond acceptors (Lipinski definition) is 4. The van der Waals surface area contributed by atoms with E-state index in [0.717, 1.165) is 0 Å². The van der Waals surface area contributed by atoms with Gasteiger partial charge in [-0.05, 0) is 37.0 Å². The van der Waals surface area contributed by atoms with Crippen LogP contribution in [0.15, 0.2) is 40.7 Å². The van der Waals surface area contributed by atoms with Crippen molar-refractivity contribution >= 4 is 17.6 Å². The van der Waals surface area contributed by atoms with Crippen molar-refractivity contribution in [2.45, 2.75) is 40.5 Å². The van der Waals surface area contributed by atoms with Gasteiger partial charge in [-0.3, -0.25) is 0 Å². The molecule has 1 aromatic rings. The van der Waals surface area contributed by atoms with Crippen LogP contribution in [0.2, 0.25) is 5.02 Å². The van der Waals surface area contributed by atoms with E-state index < -0.39 is 17.7 Å². The van der Waals surface area contributed by atoms with Crippen molar-refractivity contribution in [1.29, 1.82) is 5.26 Å². The Hall–Kier alpha value is -2.32. The highest BCUT2D eigenvalue weighted by molar-refractivity contribution is 6.31. The number of rotatable bonds is 3. The van der Waals surface area contributed by atoms with Crippen molar-refractivity contribution in [3.63, 3.8) is 0 Å². The molecule has 4 nitrogen and oxygen atoms in total. The maximum Gasteiger partial charge on any atom is 0.336 e. The molecule has 1 unspecified atom stereocenters. The summed E-state index contributed by atoms with van der Waals surface area (Å²) in [6.07, 6.45) is 0. The fourth-order valence-corrected chi connectivity index (χ4v) is 3.10. The molecule has 0 saturated heterocycles. The van der Waals surface area contributed by atoms with Crippen molar-refractivity contribution < 1.29 is 13.9 Å². The zero-order valence-corrected chi connectivity index (χ0v) is 16.3. The van der Waals surface area contributed by atoms with Crippen LogP contribution in [0.25, 0.3) is 0 Å². The highest BCUT2D eigenvalue weighted by Crippen LogP contribution is 2.41. The quantitative estimate of drug-likeness (QED) is 0.767. The molecule has 1 aliphatic heterocycles. The second-order valence-corrected chi connectivity index (χ2v) is 7.96. The maximum atomic E-state index is 13.5. The number of carbonyl (C=O) groups is 1. The molecule has 0 radical (unpaired) electrons. The van der Waals surface area contributed by atoms with Crippen LogP contribution in [-0.4, -0.2) is 12.6 Å². The summed E-state index contributed by atoms with van der Waals surface area (Å²) in [7, 11) is 0. The first-order chi connectivity index (χ1) is 12.0. The molecule has 1 N–H and O–H groups in total. The van der Waals surface area contributed by atoms with Crippen molar-refractivity contribution in [3.8, 4) is 6.07 Å². The van der Waals surface area contributed by atoms with Crippen LogP contribution in [0.5, 0.6) is 0 Å². The molecule has 0 aromatic heterocycles. The molecule has 0 amide bonds. The minimum absolute atomic E-state index is 0.159. The second kappa shape index (κ2) is 7.51. The molecule has 0 spiro atoms. The van der Waals surface area contributed by atoms with Crippen molar-refractivity contribution in [3.05, 3.63) is 57.1 Å². The van der Waals surface area contributed by atoms with Crippen LogP contribution in [0, 0.1) is 22.6 Å². The Morgan fingerprint density at radius 1 is 1.35 bits per heavy atom. The van der Waals surface area contributed by atoms with Gasteiger partial charge in [-0.25, -0.2) is 9.18 Å². The number of halogens is 2. The second-order valence-electron chi connectivity index (χ2n) is 7.55. The number of benzene rings is 1. The Morgan fingerprint density at radius 3 is 2.54 bits per heavy atom. The van der Waals surface area contributed by atoms with Crippen molar-refractivity contribution in [2.75, 3.05) is 6.61 Å². The van der Waals surface area contributed by atoms with E-state index in [9.17, 15) is 14.4 Å². The standard InChI is InChI=1S/C20H22ClFN2O2/c1-11-15(9-23)18(14-7-6-13(22)8-16(14)21)17(12(2)24-11)19(25)26-10-20(3,4)5/h6-8,18,24H,10H2,1-5H3. The molecule has 6 heteroatoms. The van der Waals surface area contributed by atoms with Gasteiger partial charge < -0.3 is 10.1 Å². The van der Waals surface area contributed by atoms with Gasteiger partial charge in [0.05, 0.1) is 29.7 Å². The van der Waals surface area contributed by atoms with Gasteiger partial charge in [0.2, 0.25) is 0 Å². The van der Waals surface area contributed by atoms with Gasteiger partial charge in [0, 0.05) is 16.4 Å². The molecular weight excluding hydrogens is 355 g/mol. The van der Waals surface area contributed by atoms with E-state index in [1.54, 1.807) is 13.8 Å². The van der Waals surface area contributed by atoms with E-state index in [4.69, 9.17) is 16.3 Å². The average molecular weight is 377 g/mol. The Balaban J connectivity index is 2.54. The number of nitrogens with zero attached hydrogens (tertiary/aromatic N) is 1. The number of nitriles is 1. The lowest BCUT2D eigenvalue weighted by Gasteiger charge is -2.29. The van der Waals surface area contributed by atoms with Gasteiger partial charge in [0.25, 0.3) is 0 Å². The van der Waals surface area contributed by atoms with E-state index in [1.807, 2.05) is 20.8 Å². The highest BCUT2D eigenvalue weighted by Gasteiger charge is 2.35. The van der Waals surface area contributed by atoms with Crippen LogP contribution in [0.3, 0.4) is 0 Å². The Morgan fingerprint density at radius 2 is 2.00 bits per heavy atom. The number of carbonyl (C=O) groups excluding carboxylic acids is 1. The molecule has 0 aliphatic carbocycles. The fraction of sp³-hybridized carbons (Fsp3) is 0.400. The minimum Gasteiger partial charge on any atom is -0.462 e. The molecule has 0 bridgehead atoms. The van der Waals surface area contributed by atoms with E-state index in [0.29, 0.717) is 28.1 Å². The zero-order valence-electron chi connectivity index (χ0n) is 15.5. The number of nitrogens with one attached hydrogen (secondary N) is 1. The third-order valence-electron chi connectivity index (χ3n) is 4.01. The summed E-state index contributed by atoms with van der Waals surface area (Å²) in [6, 6.07) is 6.09. The van der Waals surface area contributed by atoms with E-state index in [2.05, 4.69) is 11.4 Å². The predicted molar refractivity (Wildman–Crippen MR) is 98.7 cm³/mol. The largest absolute Gasteiger partial charge is 0.462 e. The molecule has 1 aliphatic rings. The van der Waals surface area contributed by atoms with Gasteiger partial charge in [-0.1, -0.05) is 38.4 Å². The van der Waals surface area contributed by atoms with Crippen LogP contribution < -0.4 is 5.32 Å². The van der Waals surface area contributed by atoms with E-state index in [1.165, 1.54) is 18.2 Å². The SMILES string of the molecule is CC1=C(C#N)C(c2ccc(F)cc2Cl)C(C(=O)OCC(C)(C)C)=C(C)N1. The average Bonchev–Trinajstić information content (AvgIpc) is 2.51. The maximum absolute atomic E-state index is 13.5. The van der Waals surface area contributed by atoms with Gasteiger partial charge in [-0.15, -0.1) is 0 Å². The van der Waals surface area contributed by atoms with Crippen LogP contribution in [-0.2, 0) is 9.53 Å². The molecule has 1 atom stereocenters. The topological polar surface area (TPSA) is 62.1 Å². The van der Waals surface area contributed by atoms with E-state index in [-0.39, 0.29) is 17.0 Å². The summed E-state index contributed by atoms with van der Waals surface area (Å²) in [5.41, 5.74) is 2.18. The highest BCUT2D eigenvalue weighted by atomic mass is 35.5. The smallest absolute Gasteiger partial charge is 0.336 e. The Kier molecular flexibility index (Phi) is 5.77. The molecule has 138 valence electrons. The third kappa shape index (κ3) is 4.25. The number of dihydropyridines is 1. The first-order valence-corrected chi connectivity index (χ1v) is 8.63.